The number of benzene rings is 2. The third kappa shape index (κ3) is 3.54. The molecule has 1 unspecified atom stereocenters. The lowest BCUT2D eigenvalue weighted by molar-refractivity contribution is 0.506. The highest BCUT2D eigenvalue weighted by atomic mass is 14.9. The summed E-state index contributed by atoms with van der Waals surface area (Å²) in [6, 6.07) is 18.1. The van der Waals surface area contributed by atoms with E-state index in [1.54, 1.807) is 0 Å². The van der Waals surface area contributed by atoms with E-state index in [2.05, 4.69) is 81.5 Å². The van der Waals surface area contributed by atoms with Gasteiger partial charge in [-0.2, -0.15) is 0 Å². The summed E-state index contributed by atoms with van der Waals surface area (Å²) in [6.07, 6.45) is 1.15. The van der Waals surface area contributed by atoms with Crippen molar-refractivity contribution in [3.05, 3.63) is 70.8 Å². The molecule has 0 spiro atoms. The maximum Gasteiger partial charge on any atom is 0.0574 e. The summed E-state index contributed by atoms with van der Waals surface area (Å²) in [7, 11) is 2.02. The molecule has 2 rings (SSSR count). The quantitative estimate of drug-likeness (QED) is 0.814. The van der Waals surface area contributed by atoms with Gasteiger partial charge < -0.3 is 5.32 Å². The highest BCUT2D eigenvalue weighted by Crippen LogP contribution is 2.29. The van der Waals surface area contributed by atoms with E-state index in [9.17, 15) is 0 Å². The second-order valence-corrected chi connectivity index (χ2v) is 6.49. The molecule has 2 aromatic rings. The van der Waals surface area contributed by atoms with Gasteiger partial charge in [0, 0.05) is 0 Å². The van der Waals surface area contributed by atoms with E-state index in [0.717, 1.165) is 6.42 Å². The zero-order valence-corrected chi connectivity index (χ0v) is 13.9. The molecule has 1 nitrogen and oxygen atoms in total. The van der Waals surface area contributed by atoms with Gasteiger partial charge in [-0.05, 0) is 42.5 Å². The highest BCUT2D eigenvalue weighted by Gasteiger charge is 2.18. The minimum atomic E-state index is 0.248. The molecule has 0 heterocycles. The van der Waals surface area contributed by atoms with Crippen molar-refractivity contribution in [3.63, 3.8) is 0 Å². The molecule has 1 heteroatoms. The molecule has 0 bridgehead atoms. The first-order valence-corrected chi connectivity index (χ1v) is 7.82. The van der Waals surface area contributed by atoms with Crippen LogP contribution in [0.25, 0.3) is 0 Å². The Labute approximate surface area is 129 Å². The minimum Gasteiger partial charge on any atom is -0.309 e. The predicted molar refractivity (Wildman–Crippen MR) is 91.8 cm³/mol. The van der Waals surface area contributed by atoms with Crippen LogP contribution >= 0.6 is 0 Å². The molecule has 0 aromatic heterocycles. The molecule has 0 fully saturated rings. The molecule has 2 aromatic carbocycles. The number of rotatable bonds is 5. The Morgan fingerprint density at radius 3 is 1.81 bits per heavy atom. The van der Waals surface area contributed by atoms with Gasteiger partial charge in [0.15, 0.2) is 0 Å². The van der Waals surface area contributed by atoms with Crippen LogP contribution in [-0.4, -0.2) is 7.05 Å². The SMILES string of the molecule is CCC(C)(C)c1ccc(C(NC)c2ccc(C)cc2)cc1. The first-order valence-electron chi connectivity index (χ1n) is 7.82. The summed E-state index contributed by atoms with van der Waals surface area (Å²) in [6.45, 7) is 8.98. The van der Waals surface area contributed by atoms with E-state index in [-0.39, 0.29) is 11.5 Å². The Hall–Kier alpha value is -1.60. The second kappa shape index (κ2) is 6.44. The number of nitrogens with one attached hydrogen (secondary N) is 1. The summed E-state index contributed by atoms with van der Waals surface area (Å²) in [5.41, 5.74) is 5.58. The van der Waals surface area contributed by atoms with Crippen molar-refractivity contribution in [2.45, 2.75) is 45.6 Å². The van der Waals surface area contributed by atoms with E-state index >= 15 is 0 Å². The van der Waals surface area contributed by atoms with Crippen molar-refractivity contribution in [2.24, 2.45) is 0 Å². The summed E-state index contributed by atoms with van der Waals surface area (Å²) < 4.78 is 0. The Morgan fingerprint density at radius 1 is 0.905 bits per heavy atom. The monoisotopic (exact) mass is 281 g/mol. The van der Waals surface area contributed by atoms with Crippen LogP contribution in [0.1, 0.15) is 55.5 Å². The van der Waals surface area contributed by atoms with E-state index < -0.39 is 0 Å². The largest absolute Gasteiger partial charge is 0.309 e. The van der Waals surface area contributed by atoms with Gasteiger partial charge in [0.1, 0.15) is 0 Å². The van der Waals surface area contributed by atoms with Crippen molar-refractivity contribution in [2.75, 3.05) is 7.05 Å². The first kappa shape index (κ1) is 15.8. The van der Waals surface area contributed by atoms with Crippen molar-refractivity contribution >= 4 is 0 Å². The predicted octanol–water partition coefficient (Wildman–Crippen LogP) is 4.99. The van der Waals surface area contributed by atoms with Crippen LogP contribution in [-0.2, 0) is 5.41 Å². The van der Waals surface area contributed by atoms with Gasteiger partial charge in [-0.1, -0.05) is 74.9 Å². The molecule has 1 N–H and O–H groups in total. The Balaban J connectivity index is 2.29. The lowest BCUT2D eigenvalue weighted by Crippen LogP contribution is -2.19. The molecule has 0 aliphatic heterocycles. The fraction of sp³-hybridized carbons (Fsp3) is 0.400. The average molecular weight is 281 g/mol. The molecule has 0 aliphatic rings. The van der Waals surface area contributed by atoms with E-state index in [0.29, 0.717) is 0 Å². The summed E-state index contributed by atoms with van der Waals surface area (Å²) in [5.74, 6) is 0. The van der Waals surface area contributed by atoms with Gasteiger partial charge in [0.2, 0.25) is 0 Å². The molecule has 1 atom stereocenters. The molecule has 21 heavy (non-hydrogen) atoms. The van der Waals surface area contributed by atoms with Crippen LogP contribution < -0.4 is 5.32 Å². The Kier molecular flexibility index (Phi) is 4.84. The van der Waals surface area contributed by atoms with Crippen LogP contribution in [0.3, 0.4) is 0 Å². The first-order chi connectivity index (χ1) is 9.97. The van der Waals surface area contributed by atoms with Gasteiger partial charge in [0.05, 0.1) is 6.04 Å². The maximum absolute atomic E-state index is 3.43. The lowest BCUT2D eigenvalue weighted by Gasteiger charge is -2.24. The zero-order chi connectivity index (χ0) is 15.5. The van der Waals surface area contributed by atoms with Gasteiger partial charge >= 0.3 is 0 Å². The Bertz CT molecular complexity index is 564. The minimum absolute atomic E-state index is 0.248. The molecule has 0 aliphatic carbocycles. The van der Waals surface area contributed by atoms with Gasteiger partial charge in [-0.3, -0.25) is 0 Å². The molecule has 0 amide bonds. The van der Waals surface area contributed by atoms with Crippen LogP contribution in [0.4, 0.5) is 0 Å². The number of hydrogen-bond donors (Lipinski definition) is 1. The summed E-state index contributed by atoms with van der Waals surface area (Å²) in [4.78, 5) is 0. The van der Waals surface area contributed by atoms with Gasteiger partial charge in [-0.15, -0.1) is 0 Å². The standard InChI is InChI=1S/C20H27N/c1-6-20(3,4)18-13-11-17(12-14-18)19(21-5)16-9-7-15(2)8-10-16/h7-14,19,21H,6H2,1-5H3. The fourth-order valence-electron chi connectivity index (χ4n) is 2.62. The summed E-state index contributed by atoms with van der Waals surface area (Å²) in [5, 5.41) is 3.43. The number of hydrogen-bond acceptors (Lipinski definition) is 1. The normalized spacial score (nSPS) is 13.2. The van der Waals surface area contributed by atoms with Crippen LogP contribution in [0.2, 0.25) is 0 Å². The topological polar surface area (TPSA) is 12.0 Å². The van der Waals surface area contributed by atoms with Crippen LogP contribution in [0.5, 0.6) is 0 Å². The van der Waals surface area contributed by atoms with Crippen LogP contribution in [0.15, 0.2) is 48.5 Å². The molecule has 0 saturated heterocycles. The third-order valence-corrected chi connectivity index (χ3v) is 4.61. The Morgan fingerprint density at radius 2 is 1.38 bits per heavy atom. The van der Waals surface area contributed by atoms with Crippen molar-refractivity contribution in [1.82, 2.24) is 5.32 Å². The van der Waals surface area contributed by atoms with E-state index in [1.807, 2.05) is 7.05 Å². The van der Waals surface area contributed by atoms with Gasteiger partial charge in [-0.25, -0.2) is 0 Å². The molecule has 112 valence electrons. The van der Waals surface area contributed by atoms with E-state index in [1.165, 1.54) is 22.3 Å². The molecular weight excluding hydrogens is 254 g/mol. The average Bonchev–Trinajstić information content (AvgIpc) is 2.50. The summed E-state index contributed by atoms with van der Waals surface area (Å²) >= 11 is 0. The van der Waals surface area contributed by atoms with Crippen LogP contribution in [0, 0.1) is 6.92 Å². The fourth-order valence-corrected chi connectivity index (χ4v) is 2.62. The second-order valence-electron chi connectivity index (χ2n) is 6.49. The maximum atomic E-state index is 3.43. The smallest absolute Gasteiger partial charge is 0.0574 e. The number of aryl methyl sites for hydroxylation is 1. The van der Waals surface area contributed by atoms with Gasteiger partial charge in [0.25, 0.3) is 0 Å². The third-order valence-electron chi connectivity index (χ3n) is 4.61. The lowest BCUT2D eigenvalue weighted by atomic mass is 9.81. The van der Waals surface area contributed by atoms with Crippen molar-refractivity contribution < 1.29 is 0 Å². The zero-order valence-electron chi connectivity index (χ0n) is 13.9. The van der Waals surface area contributed by atoms with Crippen molar-refractivity contribution in [1.29, 1.82) is 0 Å². The molecule has 0 radical (unpaired) electrons. The highest BCUT2D eigenvalue weighted by molar-refractivity contribution is 5.36. The van der Waals surface area contributed by atoms with E-state index in [4.69, 9.17) is 0 Å². The molecule has 0 saturated carbocycles. The van der Waals surface area contributed by atoms with Crippen molar-refractivity contribution in [3.8, 4) is 0 Å². The molecular formula is C20H27N.